The van der Waals surface area contributed by atoms with Crippen molar-refractivity contribution in [1.29, 1.82) is 0 Å². The van der Waals surface area contributed by atoms with Crippen LogP contribution >= 0.6 is 23.4 Å². The molecule has 2 atom stereocenters. The average molecular weight is 384 g/mol. The van der Waals surface area contributed by atoms with Crippen molar-refractivity contribution in [3.63, 3.8) is 0 Å². The molecule has 2 aliphatic carbocycles. The number of nitrogens with zero attached hydrogens (tertiary/aromatic N) is 1. The van der Waals surface area contributed by atoms with Crippen LogP contribution in [0.25, 0.3) is 0 Å². The minimum absolute atomic E-state index is 0.220. The van der Waals surface area contributed by atoms with Gasteiger partial charge in [0.25, 0.3) is 0 Å². The molecule has 0 aromatic rings. The predicted molar refractivity (Wildman–Crippen MR) is 109 cm³/mol. The fourth-order valence-corrected chi connectivity index (χ4v) is 6.14. The lowest BCUT2D eigenvalue weighted by molar-refractivity contribution is -0.127. The summed E-state index contributed by atoms with van der Waals surface area (Å²) in [4.78, 5) is 15.3. The zero-order valence-corrected chi connectivity index (χ0v) is 17.1. The second-order valence-electron chi connectivity index (χ2n) is 8.08. The molecule has 2 saturated carbocycles. The topological polar surface area (TPSA) is 20.3 Å². The van der Waals surface area contributed by atoms with E-state index in [2.05, 4.69) is 11.0 Å². The quantitative estimate of drug-likeness (QED) is 0.442. The highest BCUT2D eigenvalue weighted by molar-refractivity contribution is 8.00. The van der Waals surface area contributed by atoms with Gasteiger partial charge in [-0.05, 0) is 50.9 Å². The predicted octanol–water partition coefficient (Wildman–Crippen LogP) is 5.79. The molecule has 3 rings (SSSR count). The van der Waals surface area contributed by atoms with E-state index in [-0.39, 0.29) is 5.38 Å². The Hall–Kier alpha value is -0.150. The first kappa shape index (κ1) is 19.6. The lowest BCUT2D eigenvalue weighted by Gasteiger charge is -2.30. The molecule has 3 fully saturated rings. The van der Waals surface area contributed by atoms with E-state index in [9.17, 15) is 4.79 Å². The highest BCUT2D eigenvalue weighted by atomic mass is 35.5. The second kappa shape index (κ2) is 10.3. The van der Waals surface area contributed by atoms with Crippen LogP contribution in [0.2, 0.25) is 0 Å². The number of carbonyl (C=O) groups is 1. The molecule has 2 nitrogen and oxygen atoms in total. The lowest BCUT2D eigenvalue weighted by Crippen LogP contribution is -2.37. The van der Waals surface area contributed by atoms with Gasteiger partial charge in [-0.25, -0.2) is 0 Å². The summed E-state index contributed by atoms with van der Waals surface area (Å²) in [6.45, 7) is 1.89. The SMILES string of the molecule is O=C(/C(=C/C1CCCCC1Cl)CSC1CCCCC1)N1CCCCC1. The third kappa shape index (κ3) is 5.92. The monoisotopic (exact) mass is 383 g/mol. The zero-order valence-electron chi connectivity index (χ0n) is 15.6. The normalized spacial score (nSPS) is 29.6. The van der Waals surface area contributed by atoms with Crippen LogP contribution in [0.4, 0.5) is 0 Å². The summed E-state index contributed by atoms with van der Waals surface area (Å²) < 4.78 is 0. The maximum Gasteiger partial charge on any atom is 0.250 e. The van der Waals surface area contributed by atoms with Crippen LogP contribution in [-0.4, -0.2) is 40.3 Å². The fraction of sp³-hybridized carbons (Fsp3) is 0.857. The van der Waals surface area contributed by atoms with E-state index in [1.807, 2.05) is 11.8 Å². The van der Waals surface area contributed by atoms with Crippen LogP contribution < -0.4 is 0 Å². The summed E-state index contributed by atoms with van der Waals surface area (Å²) in [6.07, 6.45) is 17.4. The third-order valence-corrected chi connectivity index (χ3v) is 8.05. The highest BCUT2D eigenvalue weighted by Crippen LogP contribution is 2.33. The Labute approximate surface area is 163 Å². The second-order valence-corrected chi connectivity index (χ2v) is 9.93. The standard InChI is InChI=1S/C21H34ClNOS/c22-20-12-6-5-9-17(20)15-18(16-25-19-10-3-1-4-11-19)21(24)23-13-7-2-8-14-23/h15,17,19-20H,1-14,16H2/b18-15+. The van der Waals surface area contributed by atoms with E-state index in [0.29, 0.717) is 11.8 Å². The first-order valence-corrected chi connectivity index (χ1v) is 12.0. The van der Waals surface area contributed by atoms with Gasteiger partial charge in [0.05, 0.1) is 0 Å². The van der Waals surface area contributed by atoms with Gasteiger partial charge in [-0.1, -0.05) is 38.2 Å². The number of rotatable bonds is 5. The van der Waals surface area contributed by atoms with E-state index in [1.54, 1.807) is 0 Å². The highest BCUT2D eigenvalue weighted by Gasteiger charge is 2.26. The molecule has 1 aliphatic heterocycles. The summed E-state index contributed by atoms with van der Waals surface area (Å²) in [5.74, 6) is 1.59. The Kier molecular flexibility index (Phi) is 8.04. The Morgan fingerprint density at radius 2 is 1.56 bits per heavy atom. The first-order valence-electron chi connectivity index (χ1n) is 10.5. The number of likely N-dealkylation sites (tertiary alicyclic amines) is 1. The van der Waals surface area contributed by atoms with Gasteiger partial charge in [0.2, 0.25) is 5.91 Å². The van der Waals surface area contributed by atoms with Crippen LogP contribution in [0, 0.1) is 5.92 Å². The van der Waals surface area contributed by atoms with Gasteiger partial charge in [-0.2, -0.15) is 11.8 Å². The Balaban J connectivity index is 1.66. The van der Waals surface area contributed by atoms with Crippen molar-refractivity contribution in [2.45, 2.75) is 87.7 Å². The summed E-state index contributed by atoms with van der Waals surface area (Å²) in [7, 11) is 0. The van der Waals surface area contributed by atoms with Crippen molar-refractivity contribution in [3.8, 4) is 0 Å². The number of thioether (sulfide) groups is 1. The van der Waals surface area contributed by atoms with Gasteiger partial charge in [0.15, 0.2) is 0 Å². The molecule has 0 aromatic carbocycles. The first-order chi connectivity index (χ1) is 12.2. The molecule has 4 heteroatoms. The molecule has 0 radical (unpaired) electrons. The number of piperidine rings is 1. The number of carbonyl (C=O) groups excluding carboxylic acids is 1. The minimum atomic E-state index is 0.220. The number of halogens is 1. The molecule has 142 valence electrons. The number of alkyl halides is 1. The number of hydrogen-bond acceptors (Lipinski definition) is 2. The van der Waals surface area contributed by atoms with Gasteiger partial charge in [-0.3, -0.25) is 4.79 Å². The van der Waals surface area contributed by atoms with E-state index < -0.39 is 0 Å². The Morgan fingerprint density at radius 3 is 2.28 bits per heavy atom. The van der Waals surface area contributed by atoms with Gasteiger partial charge in [0.1, 0.15) is 0 Å². The molecule has 1 heterocycles. The van der Waals surface area contributed by atoms with E-state index in [4.69, 9.17) is 11.6 Å². The largest absolute Gasteiger partial charge is 0.339 e. The Bertz CT molecular complexity index is 455. The van der Waals surface area contributed by atoms with Gasteiger partial charge in [-0.15, -0.1) is 11.6 Å². The molecule has 3 aliphatic rings. The van der Waals surface area contributed by atoms with Crippen LogP contribution in [0.5, 0.6) is 0 Å². The van der Waals surface area contributed by atoms with Crippen LogP contribution in [-0.2, 0) is 4.79 Å². The minimum Gasteiger partial charge on any atom is -0.339 e. The van der Waals surface area contributed by atoms with Crippen molar-refractivity contribution >= 4 is 29.3 Å². The van der Waals surface area contributed by atoms with Crippen molar-refractivity contribution in [2.24, 2.45) is 5.92 Å². The van der Waals surface area contributed by atoms with Gasteiger partial charge in [0, 0.05) is 35.0 Å². The van der Waals surface area contributed by atoms with Gasteiger partial charge >= 0.3 is 0 Å². The summed E-state index contributed by atoms with van der Waals surface area (Å²) in [6, 6.07) is 0. The van der Waals surface area contributed by atoms with E-state index in [0.717, 1.165) is 55.3 Å². The summed E-state index contributed by atoms with van der Waals surface area (Å²) in [5.41, 5.74) is 1.05. The molecule has 2 unspecified atom stereocenters. The average Bonchev–Trinajstić information content (AvgIpc) is 2.67. The van der Waals surface area contributed by atoms with Crippen molar-refractivity contribution in [1.82, 2.24) is 4.90 Å². The maximum absolute atomic E-state index is 13.2. The number of amides is 1. The molecule has 25 heavy (non-hydrogen) atoms. The molecule has 0 N–H and O–H groups in total. The van der Waals surface area contributed by atoms with Crippen molar-refractivity contribution in [2.75, 3.05) is 18.8 Å². The molecule has 0 aromatic heterocycles. The maximum atomic E-state index is 13.2. The Morgan fingerprint density at radius 1 is 0.920 bits per heavy atom. The fourth-order valence-electron chi connectivity index (χ4n) is 4.48. The third-order valence-electron chi connectivity index (χ3n) is 6.09. The number of hydrogen-bond donors (Lipinski definition) is 0. The number of allylic oxidation sites excluding steroid dienone is 1. The molecule has 0 bridgehead atoms. The smallest absolute Gasteiger partial charge is 0.250 e. The van der Waals surface area contributed by atoms with Crippen molar-refractivity contribution in [3.05, 3.63) is 11.6 Å². The van der Waals surface area contributed by atoms with E-state index >= 15 is 0 Å². The molecular formula is C21H34ClNOS. The molecular weight excluding hydrogens is 350 g/mol. The molecule has 1 amide bonds. The van der Waals surface area contributed by atoms with Crippen molar-refractivity contribution < 1.29 is 4.79 Å². The zero-order chi connectivity index (χ0) is 17.5. The lowest BCUT2D eigenvalue weighted by atomic mass is 9.87. The van der Waals surface area contributed by atoms with Gasteiger partial charge < -0.3 is 4.90 Å². The molecule has 1 saturated heterocycles. The van der Waals surface area contributed by atoms with Crippen LogP contribution in [0.1, 0.15) is 77.0 Å². The van der Waals surface area contributed by atoms with E-state index in [1.165, 1.54) is 51.4 Å². The summed E-state index contributed by atoms with van der Waals surface area (Å²) >= 11 is 8.62. The summed E-state index contributed by atoms with van der Waals surface area (Å²) in [5, 5.41) is 0.974. The van der Waals surface area contributed by atoms with Crippen LogP contribution in [0.3, 0.4) is 0 Å². The molecule has 0 spiro atoms. The van der Waals surface area contributed by atoms with Crippen LogP contribution in [0.15, 0.2) is 11.6 Å².